The first kappa shape index (κ1) is 20.3. The Morgan fingerprint density at radius 3 is 2.26 bits per heavy atom. The summed E-state index contributed by atoms with van der Waals surface area (Å²) >= 11 is 0. The van der Waals surface area contributed by atoms with Crippen molar-refractivity contribution in [2.24, 2.45) is 5.92 Å². The van der Waals surface area contributed by atoms with E-state index >= 15 is 0 Å². The van der Waals surface area contributed by atoms with Crippen molar-refractivity contribution in [3.63, 3.8) is 0 Å². The highest BCUT2D eigenvalue weighted by Gasteiger charge is 2.31. The van der Waals surface area contributed by atoms with Crippen LogP contribution < -0.4 is 5.32 Å². The summed E-state index contributed by atoms with van der Waals surface area (Å²) in [6.07, 6.45) is 6.31. The first-order valence-electron chi connectivity index (χ1n) is 9.28. The lowest BCUT2D eigenvalue weighted by atomic mass is 9.83. The van der Waals surface area contributed by atoms with Crippen molar-refractivity contribution in [1.82, 2.24) is 10.2 Å². The third-order valence-electron chi connectivity index (χ3n) is 4.60. The van der Waals surface area contributed by atoms with Crippen LogP contribution in [-0.4, -0.2) is 41.3 Å². The average Bonchev–Trinajstić information content (AvgIpc) is 2.40. The highest BCUT2D eigenvalue weighted by Crippen LogP contribution is 2.26. The number of hydrogen-bond acceptors (Lipinski definition) is 3. The van der Waals surface area contributed by atoms with Gasteiger partial charge >= 0.3 is 6.09 Å². The van der Waals surface area contributed by atoms with Crippen LogP contribution >= 0.6 is 0 Å². The van der Waals surface area contributed by atoms with Crippen LogP contribution in [0.2, 0.25) is 0 Å². The fourth-order valence-corrected chi connectivity index (χ4v) is 3.34. The Bertz CT molecular complexity index is 369. The highest BCUT2D eigenvalue weighted by atomic mass is 16.6. The molecule has 1 saturated carbocycles. The molecule has 0 aromatic heterocycles. The van der Waals surface area contributed by atoms with Crippen LogP contribution in [-0.2, 0) is 4.74 Å². The molecule has 0 bridgehead atoms. The van der Waals surface area contributed by atoms with Crippen molar-refractivity contribution in [3.05, 3.63) is 0 Å². The molecule has 1 fully saturated rings. The molecule has 0 saturated heterocycles. The zero-order valence-corrected chi connectivity index (χ0v) is 16.4. The van der Waals surface area contributed by atoms with Gasteiger partial charge in [-0.1, -0.05) is 26.2 Å². The number of hydrogen-bond donors (Lipinski definition) is 1. The van der Waals surface area contributed by atoms with E-state index in [1.165, 1.54) is 32.1 Å². The van der Waals surface area contributed by atoms with E-state index in [-0.39, 0.29) is 11.6 Å². The molecule has 0 aromatic carbocycles. The second-order valence-electron chi connectivity index (χ2n) is 8.82. The maximum atomic E-state index is 12.5. The lowest BCUT2D eigenvalue weighted by Gasteiger charge is -2.38. The second-order valence-corrected chi connectivity index (χ2v) is 8.82. The molecule has 0 aliphatic heterocycles. The fourth-order valence-electron chi connectivity index (χ4n) is 3.34. The summed E-state index contributed by atoms with van der Waals surface area (Å²) in [6.45, 7) is 15.7. The minimum absolute atomic E-state index is 0.220. The molecule has 1 amide bonds. The van der Waals surface area contributed by atoms with Crippen molar-refractivity contribution >= 4 is 6.09 Å². The Morgan fingerprint density at radius 1 is 1.13 bits per heavy atom. The molecular weight excluding hydrogens is 288 g/mol. The van der Waals surface area contributed by atoms with Crippen LogP contribution in [0, 0.1) is 5.92 Å². The quantitative estimate of drug-likeness (QED) is 0.804. The Hall–Kier alpha value is -0.770. The minimum Gasteiger partial charge on any atom is -0.444 e. The van der Waals surface area contributed by atoms with Crippen LogP contribution in [0.4, 0.5) is 4.79 Å². The molecule has 1 N–H and O–H groups in total. The number of carbonyl (C=O) groups excluding carboxylic acids is 1. The zero-order chi connectivity index (χ0) is 17.7. The Morgan fingerprint density at radius 2 is 1.74 bits per heavy atom. The summed E-state index contributed by atoms with van der Waals surface area (Å²) in [5.41, 5.74) is -0.689. The van der Waals surface area contributed by atoms with Crippen LogP contribution in [0.1, 0.15) is 80.6 Å². The van der Waals surface area contributed by atoms with Crippen LogP contribution in [0.5, 0.6) is 0 Å². The van der Waals surface area contributed by atoms with Crippen LogP contribution in [0.3, 0.4) is 0 Å². The average molecular weight is 327 g/mol. The maximum Gasteiger partial charge on any atom is 0.410 e. The van der Waals surface area contributed by atoms with Gasteiger partial charge < -0.3 is 15.0 Å². The lowest BCUT2D eigenvalue weighted by Crippen LogP contribution is -2.51. The third-order valence-corrected chi connectivity index (χ3v) is 4.60. The van der Waals surface area contributed by atoms with Gasteiger partial charge in [-0.25, -0.2) is 4.79 Å². The molecule has 1 rings (SSSR count). The highest BCUT2D eigenvalue weighted by molar-refractivity contribution is 5.69. The van der Waals surface area contributed by atoms with Gasteiger partial charge in [0.1, 0.15) is 5.60 Å². The Balaban J connectivity index is 2.56. The summed E-state index contributed by atoms with van der Waals surface area (Å²) in [4.78, 5) is 14.3. The van der Waals surface area contributed by atoms with Crippen molar-refractivity contribution in [2.75, 3.05) is 13.1 Å². The minimum atomic E-state index is -0.454. The number of nitrogens with one attached hydrogen (secondary N) is 1. The number of amides is 1. The van der Waals surface area contributed by atoms with E-state index in [9.17, 15) is 4.79 Å². The summed E-state index contributed by atoms with van der Waals surface area (Å²) < 4.78 is 5.57. The predicted octanol–water partition coefficient (Wildman–Crippen LogP) is 4.58. The molecule has 2 unspecified atom stereocenters. The molecule has 4 heteroatoms. The summed E-state index contributed by atoms with van der Waals surface area (Å²) in [5, 5.41) is 3.69. The molecule has 1 aliphatic carbocycles. The van der Waals surface area contributed by atoms with Crippen molar-refractivity contribution in [3.8, 4) is 0 Å². The first-order valence-corrected chi connectivity index (χ1v) is 9.28. The summed E-state index contributed by atoms with van der Waals surface area (Å²) in [7, 11) is 0. The molecular formula is C19H38N2O2. The van der Waals surface area contributed by atoms with Crippen LogP contribution in [0.25, 0.3) is 0 Å². The van der Waals surface area contributed by atoms with Crippen LogP contribution in [0.15, 0.2) is 0 Å². The molecule has 136 valence electrons. The van der Waals surface area contributed by atoms with Gasteiger partial charge in [-0.05, 0) is 60.3 Å². The molecule has 23 heavy (non-hydrogen) atoms. The second kappa shape index (κ2) is 8.36. The van der Waals surface area contributed by atoms with Gasteiger partial charge in [0.2, 0.25) is 0 Å². The van der Waals surface area contributed by atoms with E-state index < -0.39 is 5.60 Å². The van der Waals surface area contributed by atoms with Gasteiger partial charge in [0.25, 0.3) is 0 Å². The monoisotopic (exact) mass is 326 g/mol. The smallest absolute Gasteiger partial charge is 0.410 e. The molecule has 2 atom stereocenters. The van der Waals surface area contributed by atoms with Crippen molar-refractivity contribution < 1.29 is 9.53 Å². The molecule has 0 aromatic rings. The van der Waals surface area contributed by atoms with E-state index in [0.717, 1.165) is 12.5 Å². The van der Waals surface area contributed by atoms with Gasteiger partial charge in [0.15, 0.2) is 0 Å². The number of ether oxygens (including phenoxy) is 1. The molecule has 4 nitrogen and oxygen atoms in total. The Labute approximate surface area is 143 Å². The Kier molecular flexibility index (Phi) is 7.37. The first-order chi connectivity index (χ1) is 10.5. The maximum absolute atomic E-state index is 12.5. The number of nitrogens with zero attached hydrogens (tertiary/aromatic N) is 1. The van der Waals surface area contributed by atoms with E-state index in [0.29, 0.717) is 12.6 Å². The number of carbonyl (C=O) groups is 1. The van der Waals surface area contributed by atoms with Gasteiger partial charge in [-0.15, -0.1) is 0 Å². The van der Waals surface area contributed by atoms with Gasteiger partial charge in [0.05, 0.1) is 0 Å². The fraction of sp³-hybridized carbons (Fsp3) is 0.947. The molecule has 0 radical (unpaired) electrons. The standard InChI is InChI=1S/C19H38N2O2/c1-8-15-11-9-10-12-16(15)20-13-14-21(18(2,3)4)17(22)23-19(5,6)7/h15-16,20H,8-14H2,1-7H3. The molecule has 0 spiro atoms. The molecule has 0 heterocycles. The van der Waals surface area contributed by atoms with Gasteiger partial charge in [-0.3, -0.25) is 0 Å². The number of rotatable bonds is 5. The van der Waals surface area contributed by atoms with Gasteiger partial charge in [0, 0.05) is 24.7 Å². The summed E-state index contributed by atoms with van der Waals surface area (Å²) in [5.74, 6) is 0.786. The third kappa shape index (κ3) is 7.11. The largest absolute Gasteiger partial charge is 0.444 e. The van der Waals surface area contributed by atoms with E-state index in [4.69, 9.17) is 4.74 Å². The molecule has 1 aliphatic rings. The van der Waals surface area contributed by atoms with Gasteiger partial charge in [-0.2, -0.15) is 0 Å². The lowest BCUT2D eigenvalue weighted by molar-refractivity contribution is 0.00622. The topological polar surface area (TPSA) is 41.6 Å². The SMILES string of the molecule is CCC1CCCCC1NCCN(C(=O)OC(C)(C)C)C(C)(C)C. The predicted molar refractivity (Wildman–Crippen MR) is 96.7 cm³/mol. The van der Waals surface area contributed by atoms with E-state index in [1.54, 1.807) is 0 Å². The van der Waals surface area contributed by atoms with Crippen molar-refractivity contribution in [2.45, 2.75) is 97.8 Å². The zero-order valence-electron chi connectivity index (χ0n) is 16.4. The van der Waals surface area contributed by atoms with E-state index in [2.05, 4.69) is 33.0 Å². The van der Waals surface area contributed by atoms with Crippen molar-refractivity contribution in [1.29, 1.82) is 0 Å². The summed E-state index contributed by atoms with van der Waals surface area (Å²) in [6, 6.07) is 0.606. The van der Waals surface area contributed by atoms with E-state index in [1.807, 2.05) is 25.7 Å². The normalized spacial score (nSPS) is 22.7.